The first-order chi connectivity index (χ1) is 13.5. The Morgan fingerprint density at radius 1 is 1.14 bits per heavy atom. The van der Waals surface area contributed by atoms with Gasteiger partial charge in [0, 0.05) is 19.2 Å². The summed E-state index contributed by atoms with van der Waals surface area (Å²) in [4.78, 5) is 14.0. The number of hydrogen-bond donors (Lipinski definition) is 1. The summed E-state index contributed by atoms with van der Waals surface area (Å²) in [5.74, 6) is 1.25. The maximum atomic E-state index is 12.5. The van der Waals surface area contributed by atoms with Crippen molar-refractivity contribution in [2.45, 2.75) is 0 Å². The molecule has 1 amide bonds. The number of carbonyl (C=O) groups is 1. The molecule has 3 aromatic rings. The maximum absolute atomic E-state index is 12.5. The molecule has 1 aromatic heterocycles. The molecule has 0 bridgehead atoms. The molecular formula is C21H20ClN3O3. The lowest BCUT2D eigenvalue weighted by Gasteiger charge is -2.12. The quantitative estimate of drug-likeness (QED) is 0.625. The van der Waals surface area contributed by atoms with E-state index < -0.39 is 0 Å². The minimum absolute atomic E-state index is 0.225. The van der Waals surface area contributed by atoms with E-state index in [4.69, 9.17) is 21.1 Å². The normalized spacial score (nSPS) is 10.9. The Morgan fingerprint density at radius 3 is 2.57 bits per heavy atom. The van der Waals surface area contributed by atoms with E-state index in [1.807, 2.05) is 36.4 Å². The highest BCUT2D eigenvalue weighted by Gasteiger charge is 2.13. The van der Waals surface area contributed by atoms with Crippen molar-refractivity contribution in [3.8, 4) is 22.8 Å². The van der Waals surface area contributed by atoms with Crippen LogP contribution in [-0.4, -0.2) is 37.4 Å². The number of nitrogens with one attached hydrogen (secondary N) is 1. The van der Waals surface area contributed by atoms with E-state index >= 15 is 0 Å². The molecular weight excluding hydrogens is 378 g/mol. The van der Waals surface area contributed by atoms with Gasteiger partial charge in [0.2, 0.25) is 0 Å². The van der Waals surface area contributed by atoms with E-state index in [2.05, 4.69) is 10.2 Å². The molecule has 1 N–H and O–H groups in total. The molecule has 28 heavy (non-hydrogen) atoms. The second-order valence-corrected chi connectivity index (χ2v) is 6.38. The third-order valence-corrected chi connectivity index (χ3v) is 4.48. The van der Waals surface area contributed by atoms with E-state index in [1.54, 1.807) is 25.3 Å². The van der Waals surface area contributed by atoms with Crippen LogP contribution in [0.3, 0.4) is 0 Å². The van der Waals surface area contributed by atoms with Gasteiger partial charge in [0.15, 0.2) is 17.3 Å². The highest BCUT2D eigenvalue weighted by molar-refractivity contribution is 6.32. The third-order valence-electron chi connectivity index (χ3n) is 4.20. The second-order valence-electron chi connectivity index (χ2n) is 5.97. The molecule has 144 valence electrons. The minimum Gasteiger partial charge on any atom is -0.493 e. The van der Waals surface area contributed by atoms with Crippen molar-refractivity contribution >= 4 is 29.4 Å². The molecule has 0 aliphatic rings. The van der Waals surface area contributed by atoms with Crippen LogP contribution in [0.1, 0.15) is 5.56 Å². The van der Waals surface area contributed by atoms with E-state index in [-0.39, 0.29) is 5.91 Å². The number of H-pyrrole nitrogens is 1. The number of aromatic amines is 1. The number of benzene rings is 2. The second kappa shape index (κ2) is 8.63. The van der Waals surface area contributed by atoms with Gasteiger partial charge in [-0.15, -0.1) is 0 Å². The number of ether oxygens (including phenoxy) is 2. The van der Waals surface area contributed by atoms with Gasteiger partial charge >= 0.3 is 0 Å². The molecule has 0 spiro atoms. The zero-order valence-electron chi connectivity index (χ0n) is 15.8. The van der Waals surface area contributed by atoms with Gasteiger partial charge in [0.05, 0.1) is 24.9 Å². The van der Waals surface area contributed by atoms with Crippen LogP contribution in [0, 0.1) is 0 Å². The number of amides is 1. The average molecular weight is 398 g/mol. The number of hydrogen-bond acceptors (Lipinski definition) is 4. The number of methoxy groups -OCH3 is 2. The highest BCUT2D eigenvalue weighted by Crippen LogP contribution is 2.36. The van der Waals surface area contributed by atoms with Crippen LogP contribution in [0.5, 0.6) is 11.5 Å². The Bertz CT molecular complexity index is 999. The van der Waals surface area contributed by atoms with Crippen molar-refractivity contribution in [1.29, 1.82) is 0 Å². The Hall–Kier alpha value is -3.25. The largest absolute Gasteiger partial charge is 0.493 e. The molecule has 1 heterocycles. The van der Waals surface area contributed by atoms with Gasteiger partial charge in [-0.25, -0.2) is 0 Å². The summed E-state index contributed by atoms with van der Waals surface area (Å²) in [6.45, 7) is 0. The maximum Gasteiger partial charge on any atom is 0.251 e. The van der Waals surface area contributed by atoms with Crippen LogP contribution in [0.4, 0.5) is 5.82 Å². The summed E-state index contributed by atoms with van der Waals surface area (Å²) < 4.78 is 10.5. The number of anilines is 1. The summed E-state index contributed by atoms with van der Waals surface area (Å²) in [6.07, 6.45) is 3.12. The average Bonchev–Trinajstić information content (AvgIpc) is 3.21. The van der Waals surface area contributed by atoms with Crippen LogP contribution in [-0.2, 0) is 4.79 Å². The lowest BCUT2D eigenvalue weighted by molar-refractivity contribution is -0.113. The number of carbonyl (C=O) groups excluding carboxylic acids is 1. The van der Waals surface area contributed by atoms with Gasteiger partial charge in [-0.2, -0.15) is 5.10 Å². The van der Waals surface area contributed by atoms with Gasteiger partial charge in [-0.1, -0.05) is 41.9 Å². The molecule has 0 saturated heterocycles. The van der Waals surface area contributed by atoms with Gasteiger partial charge in [0.25, 0.3) is 5.91 Å². The molecule has 6 nitrogen and oxygen atoms in total. The molecule has 0 unspecified atom stereocenters. The molecule has 2 aromatic carbocycles. The van der Waals surface area contributed by atoms with Crippen LogP contribution in [0.2, 0.25) is 5.02 Å². The third kappa shape index (κ3) is 4.18. The summed E-state index contributed by atoms with van der Waals surface area (Å²) in [6, 6.07) is 15.1. The predicted octanol–water partition coefficient (Wildman–Crippen LogP) is 4.42. The summed E-state index contributed by atoms with van der Waals surface area (Å²) in [5, 5.41) is 7.58. The van der Waals surface area contributed by atoms with Crippen molar-refractivity contribution in [2.75, 3.05) is 26.2 Å². The monoisotopic (exact) mass is 397 g/mol. The van der Waals surface area contributed by atoms with Crippen LogP contribution >= 0.6 is 11.6 Å². The van der Waals surface area contributed by atoms with E-state index in [0.29, 0.717) is 22.3 Å². The van der Waals surface area contributed by atoms with Gasteiger partial charge in [0.1, 0.15) is 0 Å². The van der Waals surface area contributed by atoms with Crippen LogP contribution in [0.25, 0.3) is 17.3 Å². The zero-order chi connectivity index (χ0) is 20.1. The Kier molecular flexibility index (Phi) is 6.01. The van der Waals surface area contributed by atoms with Crippen LogP contribution in [0.15, 0.2) is 54.6 Å². The first-order valence-electron chi connectivity index (χ1n) is 8.51. The van der Waals surface area contributed by atoms with Gasteiger partial charge in [-0.05, 0) is 29.3 Å². The zero-order valence-corrected chi connectivity index (χ0v) is 16.5. The number of halogens is 1. The topological polar surface area (TPSA) is 67.5 Å². The fraction of sp³-hybridized carbons (Fsp3) is 0.143. The minimum atomic E-state index is -0.225. The molecule has 0 atom stereocenters. The van der Waals surface area contributed by atoms with E-state index in [0.717, 1.165) is 16.8 Å². The van der Waals surface area contributed by atoms with Crippen molar-refractivity contribution in [1.82, 2.24) is 10.2 Å². The fourth-order valence-corrected chi connectivity index (χ4v) is 2.97. The van der Waals surface area contributed by atoms with Gasteiger partial charge in [-0.3, -0.25) is 14.8 Å². The van der Waals surface area contributed by atoms with Crippen molar-refractivity contribution < 1.29 is 14.3 Å². The molecule has 0 aliphatic carbocycles. The molecule has 3 rings (SSSR count). The molecule has 0 fully saturated rings. The summed E-state index contributed by atoms with van der Waals surface area (Å²) >= 11 is 6.20. The molecule has 0 aliphatic heterocycles. The summed E-state index contributed by atoms with van der Waals surface area (Å²) in [5.41, 5.74) is 2.56. The van der Waals surface area contributed by atoms with E-state index in [1.165, 1.54) is 25.2 Å². The van der Waals surface area contributed by atoms with Crippen molar-refractivity contribution in [2.24, 2.45) is 0 Å². The number of nitrogens with zero attached hydrogens (tertiary/aromatic N) is 2. The van der Waals surface area contributed by atoms with E-state index in [9.17, 15) is 4.79 Å². The number of aromatic nitrogens is 2. The highest BCUT2D eigenvalue weighted by atomic mass is 35.5. The molecule has 0 radical (unpaired) electrons. The van der Waals surface area contributed by atoms with Gasteiger partial charge < -0.3 is 9.47 Å². The molecule has 0 saturated carbocycles. The number of rotatable bonds is 6. The molecule has 7 heteroatoms. The number of likely N-dealkylation sites (N-methyl/N-ethyl adjacent to an activating group) is 1. The Morgan fingerprint density at radius 2 is 1.89 bits per heavy atom. The lowest BCUT2D eigenvalue weighted by atomic mass is 10.1. The fourth-order valence-electron chi connectivity index (χ4n) is 2.67. The predicted molar refractivity (Wildman–Crippen MR) is 111 cm³/mol. The first kappa shape index (κ1) is 19.5. The lowest BCUT2D eigenvalue weighted by Crippen LogP contribution is -2.24. The summed E-state index contributed by atoms with van der Waals surface area (Å²) in [7, 11) is 4.72. The van der Waals surface area contributed by atoms with Crippen molar-refractivity contribution in [3.63, 3.8) is 0 Å². The van der Waals surface area contributed by atoms with Crippen LogP contribution < -0.4 is 14.4 Å². The van der Waals surface area contributed by atoms with Crippen molar-refractivity contribution in [3.05, 3.63) is 65.2 Å². The first-order valence-corrected chi connectivity index (χ1v) is 8.89. The SMILES string of the molecule is COc1cc(/C=C/C(=O)N(C)c2cc(-c3ccccc3)[nH]n2)cc(Cl)c1OC. The standard InChI is InChI=1S/C21H20ClN3O3/c1-25(19-13-17(23-24-19)15-7-5-4-6-8-15)20(26)10-9-14-11-16(22)21(28-3)18(12-14)27-2/h4-13H,1-3H3,(H,23,24)/b10-9+. The smallest absolute Gasteiger partial charge is 0.251 e. The Balaban J connectivity index is 1.76. The Labute approximate surface area is 168 Å².